The van der Waals surface area contributed by atoms with Crippen LogP contribution in [0.25, 0.3) is 11.4 Å². The zero-order chi connectivity index (χ0) is 20.1. The summed E-state index contributed by atoms with van der Waals surface area (Å²) in [6, 6.07) is 8.15. The van der Waals surface area contributed by atoms with E-state index in [1.807, 2.05) is 25.1 Å². The lowest BCUT2D eigenvalue weighted by molar-refractivity contribution is -0.113. The minimum absolute atomic E-state index is 0.0405. The Hall–Kier alpha value is -2.12. The number of nitrogens with one attached hydrogen (secondary N) is 1. The van der Waals surface area contributed by atoms with Crippen LogP contribution >= 0.6 is 23.1 Å². The molecule has 1 N–H and O–H groups in total. The minimum Gasteiger partial charge on any atom is -0.325 e. The monoisotopic (exact) mass is 414 g/mol. The molecule has 0 spiro atoms. The smallest absolute Gasteiger partial charge is 0.234 e. The van der Waals surface area contributed by atoms with Gasteiger partial charge in [0.2, 0.25) is 5.91 Å². The van der Waals surface area contributed by atoms with Crippen LogP contribution < -0.4 is 5.32 Å². The van der Waals surface area contributed by atoms with Crippen molar-refractivity contribution in [2.75, 3.05) is 11.1 Å². The van der Waals surface area contributed by atoms with E-state index in [0.29, 0.717) is 5.75 Å². The second-order valence-corrected chi connectivity index (χ2v) is 8.68. The number of aryl methyl sites for hydroxylation is 3. The number of benzene rings is 1. The van der Waals surface area contributed by atoms with Gasteiger partial charge >= 0.3 is 0 Å². The van der Waals surface area contributed by atoms with Crippen LogP contribution in [-0.4, -0.2) is 26.4 Å². The molecule has 0 unspecified atom stereocenters. The standard InChI is InChI=1S/C21H26N4OS2/c1-5-7-18-11-16(12-27-18)20-23-24-21(25(20)6-2)28-13-19(26)22-17-9-8-14(3)15(4)10-17/h8-12H,5-7,13H2,1-4H3,(H,22,26). The highest BCUT2D eigenvalue weighted by Gasteiger charge is 2.16. The Morgan fingerprint density at radius 2 is 2.00 bits per heavy atom. The number of hydrogen-bond donors (Lipinski definition) is 1. The number of thioether (sulfide) groups is 1. The molecule has 0 saturated carbocycles. The Kier molecular flexibility index (Phi) is 6.91. The van der Waals surface area contributed by atoms with Crippen molar-refractivity contribution in [3.63, 3.8) is 0 Å². The van der Waals surface area contributed by atoms with E-state index in [2.05, 4.69) is 52.3 Å². The van der Waals surface area contributed by atoms with Gasteiger partial charge in [-0.1, -0.05) is 31.2 Å². The number of nitrogens with zero attached hydrogens (tertiary/aromatic N) is 3. The molecule has 148 valence electrons. The van der Waals surface area contributed by atoms with E-state index in [-0.39, 0.29) is 5.91 Å². The SMILES string of the molecule is CCCc1cc(-c2nnc(SCC(=O)Nc3ccc(C)c(C)c3)n2CC)cs1. The van der Waals surface area contributed by atoms with Crippen LogP contribution in [0.2, 0.25) is 0 Å². The van der Waals surface area contributed by atoms with Crippen LogP contribution in [0.15, 0.2) is 34.8 Å². The molecule has 3 aromatic rings. The first-order chi connectivity index (χ1) is 13.5. The van der Waals surface area contributed by atoms with Gasteiger partial charge in [0.05, 0.1) is 5.75 Å². The summed E-state index contributed by atoms with van der Waals surface area (Å²) in [6.07, 6.45) is 2.22. The Labute approximate surface area is 174 Å². The molecule has 0 aliphatic heterocycles. The zero-order valence-electron chi connectivity index (χ0n) is 16.8. The van der Waals surface area contributed by atoms with Gasteiger partial charge in [-0.05, 0) is 56.5 Å². The van der Waals surface area contributed by atoms with Crippen LogP contribution in [-0.2, 0) is 17.8 Å². The van der Waals surface area contributed by atoms with Crippen LogP contribution in [0.3, 0.4) is 0 Å². The molecule has 0 aliphatic carbocycles. The Balaban J connectivity index is 1.66. The van der Waals surface area contributed by atoms with Crippen LogP contribution in [0.5, 0.6) is 0 Å². The van der Waals surface area contributed by atoms with E-state index in [1.54, 1.807) is 11.3 Å². The van der Waals surface area contributed by atoms with Crippen molar-refractivity contribution in [3.05, 3.63) is 45.6 Å². The van der Waals surface area contributed by atoms with Crippen LogP contribution in [0.4, 0.5) is 5.69 Å². The van der Waals surface area contributed by atoms with Gasteiger partial charge in [-0.15, -0.1) is 21.5 Å². The van der Waals surface area contributed by atoms with E-state index < -0.39 is 0 Å². The van der Waals surface area contributed by atoms with Gasteiger partial charge < -0.3 is 9.88 Å². The molecule has 0 fully saturated rings. The molecule has 0 aliphatic rings. The average Bonchev–Trinajstić information content (AvgIpc) is 3.29. The number of thiophene rings is 1. The summed E-state index contributed by atoms with van der Waals surface area (Å²) in [7, 11) is 0. The average molecular weight is 415 g/mol. The third kappa shape index (κ3) is 4.83. The van der Waals surface area contributed by atoms with E-state index in [9.17, 15) is 4.79 Å². The normalized spacial score (nSPS) is 11.0. The second-order valence-electron chi connectivity index (χ2n) is 6.74. The van der Waals surface area contributed by atoms with E-state index in [4.69, 9.17) is 0 Å². The molecule has 7 heteroatoms. The highest BCUT2D eigenvalue weighted by atomic mass is 32.2. The fourth-order valence-corrected chi connectivity index (χ4v) is 4.69. The fraction of sp³-hybridized carbons (Fsp3) is 0.381. The lowest BCUT2D eigenvalue weighted by atomic mass is 10.1. The van der Waals surface area contributed by atoms with Gasteiger partial charge in [0.25, 0.3) is 0 Å². The molecule has 1 amide bonds. The third-order valence-corrected chi connectivity index (χ3v) is 6.53. The second kappa shape index (κ2) is 9.39. The van der Waals surface area contributed by atoms with Crippen LogP contribution in [0.1, 0.15) is 36.3 Å². The number of hydrogen-bond acceptors (Lipinski definition) is 5. The third-order valence-electron chi connectivity index (χ3n) is 4.56. The Bertz CT molecular complexity index is 961. The Morgan fingerprint density at radius 1 is 1.18 bits per heavy atom. The maximum absolute atomic E-state index is 12.3. The maximum atomic E-state index is 12.3. The number of rotatable bonds is 8. The number of carbonyl (C=O) groups excluding carboxylic acids is 1. The molecule has 28 heavy (non-hydrogen) atoms. The number of carbonyl (C=O) groups is 1. The molecule has 0 saturated heterocycles. The van der Waals surface area contributed by atoms with Crippen molar-refractivity contribution in [1.29, 1.82) is 0 Å². The lowest BCUT2D eigenvalue weighted by Crippen LogP contribution is -2.14. The summed E-state index contributed by atoms with van der Waals surface area (Å²) >= 11 is 3.19. The van der Waals surface area contributed by atoms with Gasteiger partial charge in [0.1, 0.15) is 0 Å². The molecule has 1 aromatic carbocycles. The molecule has 5 nitrogen and oxygen atoms in total. The molecular formula is C21H26N4OS2. The highest BCUT2D eigenvalue weighted by Crippen LogP contribution is 2.28. The predicted molar refractivity (Wildman–Crippen MR) is 118 cm³/mol. The van der Waals surface area contributed by atoms with Gasteiger partial charge in [-0.3, -0.25) is 4.79 Å². The minimum atomic E-state index is -0.0405. The summed E-state index contributed by atoms with van der Waals surface area (Å²) in [5, 5.41) is 14.6. The summed E-state index contributed by atoms with van der Waals surface area (Å²) in [6.45, 7) is 9.13. The largest absolute Gasteiger partial charge is 0.325 e. The first-order valence-corrected chi connectivity index (χ1v) is 11.4. The van der Waals surface area contributed by atoms with Crippen molar-refractivity contribution >= 4 is 34.7 Å². The maximum Gasteiger partial charge on any atom is 0.234 e. The summed E-state index contributed by atoms with van der Waals surface area (Å²) < 4.78 is 2.08. The summed E-state index contributed by atoms with van der Waals surface area (Å²) in [4.78, 5) is 13.7. The van der Waals surface area contributed by atoms with Crippen molar-refractivity contribution in [2.45, 2.75) is 52.2 Å². The van der Waals surface area contributed by atoms with Crippen molar-refractivity contribution in [2.24, 2.45) is 0 Å². The summed E-state index contributed by atoms with van der Waals surface area (Å²) in [5.74, 6) is 1.13. The predicted octanol–water partition coefficient (Wildman–Crippen LogP) is 5.33. The molecular weight excluding hydrogens is 388 g/mol. The zero-order valence-corrected chi connectivity index (χ0v) is 18.4. The molecule has 0 radical (unpaired) electrons. The molecule has 0 bridgehead atoms. The van der Waals surface area contributed by atoms with E-state index in [0.717, 1.165) is 41.6 Å². The van der Waals surface area contributed by atoms with Crippen LogP contribution in [0, 0.1) is 13.8 Å². The summed E-state index contributed by atoms with van der Waals surface area (Å²) in [5.41, 5.74) is 4.31. The number of aromatic nitrogens is 3. The lowest BCUT2D eigenvalue weighted by Gasteiger charge is -2.08. The number of amides is 1. The first-order valence-electron chi connectivity index (χ1n) is 9.52. The van der Waals surface area contributed by atoms with Gasteiger partial charge in [-0.25, -0.2) is 0 Å². The molecule has 3 rings (SSSR count). The topological polar surface area (TPSA) is 59.8 Å². The Morgan fingerprint density at radius 3 is 2.71 bits per heavy atom. The van der Waals surface area contributed by atoms with Crippen molar-refractivity contribution < 1.29 is 4.79 Å². The van der Waals surface area contributed by atoms with Gasteiger partial charge in [-0.2, -0.15) is 0 Å². The quantitative estimate of drug-likeness (QED) is 0.506. The fourth-order valence-electron chi connectivity index (χ4n) is 2.92. The van der Waals surface area contributed by atoms with E-state index in [1.165, 1.54) is 27.8 Å². The van der Waals surface area contributed by atoms with E-state index >= 15 is 0 Å². The highest BCUT2D eigenvalue weighted by molar-refractivity contribution is 7.99. The molecule has 0 atom stereocenters. The van der Waals surface area contributed by atoms with Crippen molar-refractivity contribution in [1.82, 2.24) is 14.8 Å². The van der Waals surface area contributed by atoms with Crippen molar-refractivity contribution in [3.8, 4) is 11.4 Å². The van der Waals surface area contributed by atoms with Gasteiger partial charge in [0.15, 0.2) is 11.0 Å². The molecule has 2 heterocycles. The number of anilines is 1. The molecule has 2 aromatic heterocycles. The van der Waals surface area contributed by atoms with Gasteiger partial charge in [0, 0.05) is 28.1 Å². The first kappa shape index (κ1) is 20.6.